The minimum Gasteiger partial charge on any atom is -0.481 e. The van der Waals surface area contributed by atoms with E-state index in [9.17, 15) is 26.4 Å². The minimum atomic E-state index is -4.81. The molecule has 6 nitrogen and oxygen atoms in total. The lowest BCUT2D eigenvalue weighted by molar-refractivity contribution is -0.139. The fourth-order valence-electron chi connectivity index (χ4n) is 3.69. The van der Waals surface area contributed by atoms with E-state index < -0.39 is 39.7 Å². The number of aromatic amines is 1. The summed E-state index contributed by atoms with van der Waals surface area (Å²) in [6, 6.07) is 11.9. The van der Waals surface area contributed by atoms with E-state index in [4.69, 9.17) is 21.4 Å². The zero-order valence-corrected chi connectivity index (χ0v) is 19.6. The molecule has 0 aliphatic carbocycles. The van der Waals surface area contributed by atoms with Crippen LogP contribution in [0.4, 0.5) is 13.2 Å². The van der Waals surface area contributed by atoms with E-state index in [-0.39, 0.29) is 32.1 Å². The zero-order valence-electron chi connectivity index (χ0n) is 18.0. The molecular weight excluding hydrogens is 507 g/mol. The second-order valence-corrected chi connectivity index (χ2v) is 10.1. The van der Waals surface area contributed by atoms with E-state index >= 15 is 0 Å². The van der Waals surface area contributed by atoms with Gasteiger partial charge in [-0.15, -0.1) is 0 Å². The van der Waals surface area contributed by atoms with Gasteiger partial charge in [-0.25, -0.2) is 8.42 Å². The number of alkyl halides is 3. The number of hydrogen-bond donors (Lipinski definition) is 2. The van der Waals surface area contributed by atoms with Crippen LogP contribution in [0.15, 0.2) is 70.6 Å². The van der Waals surface area contributed by atoms with Crippen LogP contribution in [0.3, 0.4) is 0 Å². The summed E-state index contributed by atoms with van der Waals surface area (Å²) >= 11 is 5.84. The van der Waals surface area contributed by atoms with Gasteiger partial charge in [-0.1, -0.05) is 17.7 Å². The third-order valence-corrected chi connectivity index (χ3v) is 7.31. The van der Waals surface area contributed by atoms with Gasteiger partial charge in [-0.3, -0.25) is 4.79 Å². The first-order valence-corrected chi connectivity index (χ1v) is 11.9. The first-order valence-electron chi connectivity index (χ1n) is 10.1. The van der Waals surface area contributed by atoms with Gasteiger partial charge in [0.2, 0.25) is 9.84 Å². The number of ether oxygens (including phenoxy) is 1. The number of aliphatic carboxylic acids is 1. The highest BCUT2D eigenvalue weighted by atomic mass is 35.5. The number of H-pyrrole nitrogens is 1. The van der Waals surface area contributed by atoms with Gasteiger partial charge < -0.3 is 14.8 Å². The average molecular weight is 524 g/mol. The number of fused-ring (bicyclic) bond motifs is 1. The molecule has 11 heteroatoms. The SMILES string of the molecule is Cc1cc(CC(=O)O)cc(C(F)(F)F)c1Oc1ccc2[nH]cc(S(=O)(=O)c3ccc(Cl)cc3)c2c1. The van der Waals surface area contributed by atoms with Crippen LogP contribution in [0.1, 0.15) is 16.7 Å². The molecule has 2 N–H and O–H groups in total. The second kappa shape index (κ2) is 8.94. The largest absolute Gasteiger partial charge is 0.481 e. The minimum absolute atomic E-state index is 0.00153. The topological polar surface area (TPSA) is 96.5 Å². The van der Waals surface area contributed by atoms with Crippen molar-refractivity contribution in [2.24, 2.45) is 0 Å². The predicted octanol–water partition coefficient (Wildman–Crippen LogP) is 6.40. The van der Waals surface area contributed by atoms with Crippen molar-refractivity contribution < 1.29 is 36.2 Å². The Balaban J connectivity index is 1.79. The molecule has 0 aliphatic rings. The number of rotatable bonds is 6. The number of aryl methyl sites for hydroxylation is 1. The number of benzene rings is 3. The number of carbonyl (C=O) groups is 1. The number of nitrogens with one attached hydrogen (secondary N) is 1. The molecule has 4 aromatic rings. The quantitative estimate of drug-likeness (QED) is 0.305. The Bertz CT molecular complexity index is 1540. The number of sulfone groups is 1. The van der Waals surface area contributed by atoms with E-state index in [1.54, 1.807) is 0 Å². The summed E-state index contributed by atoms with van der Waals surface area (Å²) in [6.45, 7) is 1.38. The van der Waals surface area contributed by atoms with Crippen molar-refractivity contribution in [2.45, 2.75) is 29.3 Å². The van der Waals surface area contributed by atoms with Crippen LogP contribution in [0.25, 0.3) is 10.9 Å². The van der Waals surface area contributed by atoms with Crippen molar-refractivity contribution in [3.8, 4) is 11.5 Å². The molecule has 0 saturated carbocycles. The van der Waals surface area contributed by atoms with Crippen LogP contribution in [-0.2, 0) is 27.2 Å². The number of carboxylic acid groups (broad SMARTS) is 1. The zero-order chi connectivity index (χ0) is 25.5. The molecule has 0 saturated heterocycles. The molecular formula is C24H17ClF3NO5S. The van der Waals surface area contributed by atoms with Gasteiger partial charge in [0.05, 0.1) is 21.8 Å². The Kier molecular flexibility index (Phi) is 6.29. The molecule has 0 spiro atoms. The normalized spacial score (nSPS) is 12.1. The Labute approximate surface area is 202 Å². The van der Waals surface area contributed by atoms with E-state index in [0.717, 1.165) is 6.07 Å². The molecule has 0 atom stereocenters. The summed E-state index contributed by atoms with van der Waals surface area (Å²) in [6.07, 6.45) is -4.09. The van der Waals surface area contributed by atoms with Crippen LogP contribution < -0.4 is 4.74 Å². The number of carboxylic acids is 1. The molecule has 1 aromatic heterocycles. The van der Waals surface area contributed by atoms with Crippen molar-refractivity contribution >= 4 is 38.3 Å². The van der Waals surface area contributed by atoms with Crippen LogP contribution in [0.5, 0.6) is 11.5 Å². The van der Waals surface area contributed by atoms with Crippen LogP contribution in [0.2, 0.25) is 5.02 Å². The molecule has 35 heavy (non-hydrogen) atoms. The molecule has 4 rings (SSSR count). The van der Waals surface area contributed by atoms with Gasteiger partial charge in [-0.05, 0) is 66.6 Å². The molecule has 0 aliphatic heterocycles. The fourth-order valence-corrected chi connectivity index (χ4v) is 5.24. The van der Waals surface area contributed by atoms with E-state index in [1.165, 1.54) is 61.7 Å². The highest BCUT2D eigenvalue weighted by molar-refractivity contribution is 7.91. The van der Waals surface area contributed by atoms with Crippen LogP contribution in [0, 0.1) is 6.92 Å². The second-order valence-electron chi connectivity index (χ2n) is 7.78. The first-order chi connectivity index (χ1) is 16.4. The monoisotopic (exact) mass is 523 g/mol. The van der Waals surface area contributed by atoms with Gasteiger partial charge >= 0.3 is 12.1 Å². The molecule has 0 amide bonds. The standard InChI is InChI=1S/C24H17ClF3NO5S/c1-13-8-14(10-22(30)31)9-19(24(26,27)28)23(13)34-16-4-7-20-18(11-16)21(12-29-20)35(32,33)17-5-2-15(25)3-6-17/h2-9,11-12,29H,10H2,1H3,(H,30,31). The lowest BCUT2D eigenvalue weighted by Gasteiger charge is -2.17. The van der Waals surface area contributed by atoms with Gasteiger partial charge in [0.15, 0.2) is 0 Å². The van der Waals surface area contributed by atoms with Crippen LogP contribution >= 0.6 is 11.6 Å². The van der Waals surface area contributed by atoms with Crippen molar-refractivity contribution in [1.82, 2.24) is 4.98 Å². The maximum absolute atomic E-state index is 13.8. The first kappa shape index (κ1) is 24.6. The summed E-state index contributed by atoms with van der Waals surface area (Å²) in [7, 11) is -3.97. The Morgan fingerprint density at radius 1 is 1.09 bits per heavy atom. The van der Waals surface area contributed by atoms with Gasteiger partial charge in [-0.2, -0.15) is 13.2 Å². The summed E-state index contributed by atoms with van der Waals surface area (Å²) in [5.41, 5.74) is -0.627. The molecule has 0 fully saturated rings. The molecule has 3 aromatic carbocycles. The fraction of sp³-hybridized carbons (Fsp3) is 0.125. The van der Waals surface area contributed by atoms with E-state index in [2.05, 4.69) is 4.98 Å². The van der Waals surface area contributed by atoms with E-state index in [1.807, 2.05) is 0 Å². The van der Waals surface area contributed by atoms with E-state index in [0.29, 0.717) is 10.5 Å². The highest BCUT2D eigenvalue weighted by Crippen LogP contribution is 2.42. The van der Waals surface area contributed by atoms with Gasteiger partial charge in [0, 0.05) is 22.1 Å². The summed E-state index contributed by atoms with van der Waals surface area (Å²) in [5, 5.41) is 9.55. The number of hydrogen-bond acceptors (Lipinski definition) is 4. The predicted molar refractivity (Wildman–Crippen MR) is 123 cm³/mol. The summed E-state index contributed by atoms with van der Waals surface area (Å²) in [5.74, 6) is -1.79. The molecule has 1 heterocycles. The smallest absolute Gasteiger partial charge is 0.420 e. The molecule has 0 radical (unpaired) electrons. The Morgan fingerprint density at radius 3 is 2.40 bits per heavy atom. The third kappa shape index (κ3) is 4.98. The molecule has 182 valence electrons. The maximum Gasteiger partial charge on any atom is 0.420 e. The third-order valence-electron chi connectivity index (χ3n) is 5.24. The van der Waals surface area contributed by atoms with Crippen molar-refractivity contribution in [1.29, 1.82) is 0 Å². The van der Waals surface area contributed by atoms with Crippen LogP contribution in [-0.4, -0.2) is 24.5 Å². The van der Waals surface area contributed by atoms with Crippen molar-refractivity contribution in [3.63, 3.8) is 0 Å². The van der Waals surface area contributed by atoms with Crippen molar-refractivity contribution in [2.75, 3.05) is 0 Å². The van der Waals surface area contributed by atoms with Gasteiger partial charge in [0.1, 0.15) is 11.5 Å². The highest BCUT2D eigenvalue weighted by Gasteiger charge is 2.36. The Morgan fingerprint density at radius 2 is 1.77 bits per heavy atom. The lowest BCUT2D eigenvalue weighted by atomic mass is 10.0. The number of halogens is 4. The lowest BCUT2D eigenvalue weighted by Crippen LogP contribution is -2.11. The van der Waals surface area contributed by atoms with Gasteiger partial charge in [0.25, 0.3) is 0 Å². The summed E-state index contributed by atoms with van der Waals surface area (Å²) < 4.78 is 73.2. The average Bonchev–Trinajstić information content (AvgIpc) is 3.18. The molecule has 0 unspecified atom stereocenters. The summed E-state index contributed by atoms with van der Waals surface area (Å²) in [4.78, 5) is 13.7. The maximum atomic E-state index is 13.8. The molecule has 0 bridgehead atoms. The van der Waals surface area contributed by atoms with Crippen molar-refractivity contribution in [3.05, 3.63) is 82.5 Å². The number of aromatic nitrogens is 1. The Hall–Kier alpha value is -3.50.